The van der Waals surface area contributed by atoms with Gasteiger partial charge in [-0.3, -0.25) is 9.55 Å². The zero-order valence-corrected chi connectivity index (χ0v) is 14.1. The molecule has 0 spiro atoms. The number of benzene rings is 1. The van der Waals surface area contributed by atoms with Crippen molar-refractivity contribution in [2.24, 2.45) is 0 Å². The molecule has 6 heteroatoms. The molecule has 1 aromatic carbocycles. The highest BCUT2D eigenvalue weighted by Gasteiger charge is 2.22. The summed E-state index contributed by atoms with van der Waals surface area (Å²) in [4.78, 5) is 4.18. The predicted molar refractivity (Wildman–Crippen MR) is 91.2 cm³/mol. The van der Waals surface area contributed by atoms with E-state index in [9.17, 15) is 5.26 Å². The third-order valence-corrected chi connectivity index (χ3v) is 4.86. The van der Waals surface area contributed by atoms with Crippen molar-refractivity contribution in [1.29, 1.82) is 5.26 Å². The third-order valence-electron chi connectivity index (χ3n) is 4.54. The van der Waals surface area contributed by atoms with Crippen LogP contribution in [0.3, 0.4) is 0 Å². The quantitative estimate of drug-likeness (QED) is 0.681. The molecule has 118 valence electrons. The lowest BCUT2D eigenvalue weighted by atomic mass is 9.94. The van der Waals surface area contributed by atoms with Crippen molar-refractivity contribution >= 4 is 11.6 Å². The van der Waals surface area contributed by atoms with E-state index in [0.29, 0.717) is 10.6 Å². The number of hydrogen-bond acceptors (Lipinski definition) is 4. The van der Waals surface area contributed by atoms with E-state index in [1.54, 1.807) is 12.4 Å². The lowest BCUT2D eigenvalue weighted by Gasteiger charge is -2.21. The minimum atomic E-state index is 0.568. The number of aromatic nitrogens is 4. The van der Waals surface area contributed by atoms with Crippen molar-refractivity contribution in [2.45, 2.75) is 26.7 Å². The number of nitriles is 1. The highest BCUT2D eigenvalue weighted by atomic mass is 35.5. The molecule has 0 radical (unpaired) electrons. The molecular weight excluding hydrogens is 322 g/mol. The highest BCUT2D eigenvalue weighted by Crippen LogP contribution is 2.36. The van der Waals surface area contributed by atoms with E-state index in [4.69, 9.17) is 11.6 Å². The van der Waals surface area contributed by atoms with Crippen LogP contribution in [0.15, 0.2) is 24.5 Å². The normalized spacial score (nSPS) is 12.4. The summed E-state index contributed by atoms with van der Waals surface area (Å²) in [5, 5.41) is 18.3. The Bertz CT molecular complexity index is 1010. The number of aryl methyl sites for hydroxylation is 3. The van der Waals surface area contributed by atoms with Gasteiger partial charge in [0.15, 0.2) is 0 Å². The molecular formula is C18H14ClN5. The van der Waals surface area contributed by atoms with E-state index in [-0.39, 0.29) is 0 Å². The van der Waals surface area contributed by atoms with Gasteiger partial charge in [-0.25, -0.2) is 0 Å². The summed E-state index contributed by atoms with van der Waals surface area (Å²) in [6.07, 6.45) is 5.09. The van der Waals surface area contributed by atoms with Crippen LogP contribution < -0.4 is 0 Å². The summed E-state index contributed by atoms with van der Waals surface area (Å²) in [7, 11) is 0. The van der Waals surface area contributed by atoms with Gasteiger partial charge in [0.05, 0.1) is 16.3 Å². The molecule has 1 aliphatic rings. The van der Waals surface area contributed by atoms with Crippen molar-refractivity contribution in [3.05, 3.63) is 57.9 Å². The first kappa shape index (κ1) is 14.9. The maximum Gasteiger partial charge on any atom is 0.137 e. The van der Waals surface area contributed by atoms with Gasteiger partial charge < -0.3 is 0 Å². The number of halogens is 1. The summed E-state index contributed by atoms with van der Waals surface area (Å²) < 4.78 is 2.06. The second-order valence-electron chi connectivity index (χ2n) is 5.93. The predicted octanol–water partition coefficient (Wildman–Crippen LogP) is 3.57. The number of nitrogens with zero attached hydrogens (tertiary/aromatic N) is 5. The van der Waals surface area contributed by atoms with E-state index < -0.39 is 0 Å². The Morgan fingerprint density at radius 2 is 1.96 bits per heavy atom. The largest absolute Gasteiger partial charge is 0.283 e. The average molecular weight is 336 g/mol. The van der Waals surface area contributed by atoms with Gasteiger partial charge in [0.2, 0.25) is 0 Å². The number of rotatable bonds is 1. The lowest BCUT2D eigenvalue weighted by Crippen LogP contribution is -2.13. The Hall–Kier alpha value is -2.71. The van der Waals surface area contributed by atoms with Gasteiger partial charge in [-0.05, 0) is 43.5 Å². The van der Waals surface area contributed by atoms with Crippen LogP contribution in [0.5, 0.6) is 0 Å². The minimum Gasteiger partial charge on any atom is -0.283 e. The minimum absolute atomic E-state index is 0.568. The summed E-state index contributed by atoms with van der Waals surface area (Å²) in [5.74, 6) is 1.83. The molecule has 0 N–H and O–H groups in total. The van der Waals surface area contributed by atoms with Crippen molar-refractivity contribution in [2.75, 3.05) is 0 Å². The van der Waals surface area contributed by atoms with E-state index in [2.05, 4.69) is 31.9 Å². The maximum atomic E-state index is 9.23. The van der Waals surface area contributed by atoms with Gasteiger partial charge in [-0.1, -0.05) is 11.6 Å². The van der Waals surface area contributed by atoms with Crippen molar-refractivity contribution in [3.63, 3.8) is 0 Å². The van der Waals surface area contributed by atoms with Gasteiger partial charge in [0, 0.05) is 29.9 Å². The lowest BCUT2D eigenvalue weighted by molar-refractivity contribution is 0.767. The topological polar surface area (TPSA) is 67.4 Å². The summed E-state index contributed by atoms with van der Waals surface area (Å²) in [5.41, 5.74) is 5.51. The van der Waals surface area contributed by atoms with Gasteiger partial charge in [-0.2, -0.15) is 5.26 Å². The van der Waals surface area contributed by atoms with Crippen LogP contribution in [0.4, 0.5) is 0 Å². The van der Waals surface area contributed by atoms with Gasteiger partial charge in [0.25, 0.3) is 0 Å². The first-order chi connectivity index (χ1) is 11.6. The number of hydrogen-bond donors (Lipinski definition) is 0. The molecule has 4 rings (SSSR count). The van der Waals surface area contributed by atoms with E-state index in [0.717, 1.165) is 46.9 Å². The Balaban J connectivity index is 1.93. The summed E-state index contributed by atoms with van der Waals surface area (Å²) in [6, 6.07) is 6.24. The molecule has 0 atom stereocenters. The van der Waals surface area contributed by atoms with Gasteiger partial charge >= 0.3 is 0 Å². The fourth-order valence-electron chi connectivity index (χ4n) is 3.26. The molecule has 24 heavy (non-hydrogen) atoms. The Morgan fingerprint density at radius 1 is 1.12 bits per heavy atom. The average Bonchev–Trinajstić information content (AvgIpc) is 2.96. The van der Waals surface area contributed by atoms with Gasteiger partial charge in [-0.15, -0.1) is 10.2 Å². The van der Waals surface area contributed by atoms with Crippen LogP contribution in [-0.2, 0) is 12.8 Å². The molecule has 0 unspecified atom stereocenters. The first-order valence-corrected chi connectivity index (χ1v) is 8.06. The fraction of sp³-hybridized carbons (Fsp3) is 0.222. The summed E-state index contributed by atoms with van der Waals surface area (Å²) in [6.45, 7) is 3.87. The van der Waals surface area contributed by atoms with E-state index in [1.165, 1.54) is 5.56 Å². The summed E-state index contributed by atoms with van der Waals surface area (Å²) >= 11 is 6.58. The monoisotopic (exact) mass is 335 g/mol. The van der Waals surface area contributed by atoms with Crippen LogP contribution in [0, 0.1) is 25.2 Å². The Morgan fingerprint density at radius 3 is 2.75 bits per heavy atom. The number of pyridine rings is 1. The highest BCUT2D eigenvalue weighted by molar-refractivity contribution is 6.33. The first-order valence-electron chi connectivity index (χ1n) is 7.69. The van der Waals surface area contributed by atoms with E-state index >= 15 is 0 Å². The van der Waals surface area contributed by atoms with Crippen molar-refractivity contribution in [3.8, 4) is 22.9 Å². The standard InChI is InChI=1S/C18H14ClN5/c1-10-13(7-20)8-21-9-15(10)14-5-12-3-4-18-23-22-11(2)24(18)17(12)6-16(14)19/h5-6,8-9H,3-4H2,1-2H3. The zero-order chi connectivity index (χ0) is 16.8. The third kappa shape index (κ3) is 2.11. The Kier molecular flexibility index (Phi) is 3.36. The molecule has 0 amide bonds. The fourth-order valence-corrected chi connectivity index (χ4v) is 3.52. The Labute approximate surface area is 144 Å². The molecule has 2 aromatic heterocycles. The molecule has 0 saturated carbocycles. The van der Waals surface area contributed by atoms with Crippen molar-refractivity contribution in [1.82, 2.24) is 19.7 Å². The smallest absolute Gasteiger partial charge is 0.137 e. The van der Waals surface area contributed by atoms with Crippen LogP contribution in [-0.4, -0.2) is 19.7 Å². The SMILES string of the molecule is Cc1c(C#N)cncc1-c1cc2c(cc1Cl)-n1c(C)nnc1CC2. The maximum absolute atomic E-state index is 9.23. The molecule has 0 saturated heterocycles. The van der Waals surface area contributed by atoms with Gasteiger partial charge in [0.1, 0.15) is 17.7 Å². The molecule has 0 fully saturated rings. The molecule has 3 heterocycles. The van der Waals surface area contributed by atoms with Crippen LogP contribution in [0.25, 0.3) is 16.8 Å². The second-order valence-corrected chi connectivity index (χ2v) is 6.34. The second kappa shape index (κ2) is 5.43. The number of fused-ring (bicyclic) bond motifs is 3. The molecule has 1 aliphatic heterocycles. The van der Waals surface area contributed by atoms with Crippen molar-refractivity contribution < 1.29 is 0 Å². The molecule has 0 aliphatic carbocycles. The zero-order valence-electron chi connectivity index (χ0n) is 13.3. The molecule has 3 aromatic rings. The molecule has 0 bridgehead atoms. The van der Waals surface area contributed by atoms with Crippen LogP contribution in [0.2, 0.25) is 5.02 Å². The van der Waals surface area contributed by atoms with E-state index in [1.807, 2.05) is 19.9 Å². The van der Waals surface area contributed by atoms with Crippen LogP contribution >= 0.6 is 11.6 Å². The molecule has 5 nitrogen and oxygen atoms in total. The van der Waals surface area contributed by atoms with Crippen LogP contribution in [0.1, 0.15) is 28.3 Å².